The molecule has 0 N–H and O–H groups in total. The van der Waals surface area contributed by atoms with Gasteiger partial charge in [-0.25, -0.2) is 9.97 Å². The van der Waals surface area contributed by atoms with Crippen LogP contribution in [0.25, 0.3) is 10.2 Å². The number of anilines is 1. The van der Waals surface area contributed by atoms with E-state index >= 15 is 0 Å². The Bertz CT molecular complexity index is 926. The Kier molecular flexibility index (Phi) is 4.54. The first-order valence-electron chi connectivity index (χ1n) is 8.69. The van der Waals surface area contributed by atoms with Gasteiger partial charge in [-0.1, -0.05) is 5.21 Å². The highest BCUT2D eigenvalue weighted by molar-refractivity contribution is 7.18. The van der Waals surface area contributed by atoms with Crippen molar-refractivity contribution >= 4 is 33.3 Å². The third kappa shape index (κ3) is 3.39. The van der Waals surface area contributed by atoms with E-state index in [1.165, 1.54) is 4.88 Å². The average Bonchev–Trinajstić information content (AvgIpc) is 3.24. The first-order valence-corrected chi connectivity index (χ1v) is 9.51. The smallest absolute Gasteiger partial charge is 0.223 e. The van der Waals surface area contributed by atoms with Crippen molar-refractivity contribution < 1.29 is 4.79 Å². The van der Waals surface area contributed by atoms with Crippen LogP contribution in [0.3, 0.4) is 0 Å². The van der Waals surface area contributed by atoms with E-state index in [1.807, 2.05) is 18.1 Å². The van der Waals surface area contributed by atoms with Gasteiger partial charge in [0.1, 0.15) is 17.0 Å². The van der Waals surface area contributed by atoms with Gasteiger partial charge in [-0.15, -0.1) is 16.4 Å². The van der Waals surface area contributed by atoms with Crippen LogP contribution < -0.4 is 4.90 Å². The van der Waals surface area contributed by atoms with E-state index in [4.69, 9.17) is 0 Å². The van der Waals surface area contributed by atoms with Crippen LogP contribution in [0, 0.1) is 6.92 Å². The van der Waals surface area contributed by atoms with E-state index in [-0.39, 0.29) is 5.91 Å². The van der Waals surface area contributed by atoms with Gasteiger partial charge in [0.25, 0.3) is 0 Å². The zero-order valence-corrected chi connectivity index (χ0v) is 15.7. The zero-order valence-electron chi connectivity index (χ0n) is 14.9. The Morgan fingerprint density at radius 1 is 1.23 bits per heavy atom. The van der Waals surface area contributed by atoms with E-state index in [2.05, 4.69) is 38.2 Å². The van der Waals surface area contributed by atoms with Gasteiger partial charge in [-0.2, -0.15) is 0 Å². The fourth-order valence-corrected chi connectivity index (χ4v) is 4.13. The van der Waals surface area contributed by atoms with Crippen LogP contribution in [-0.2, 0) is 18.3 Å². The van der Waals surface area contributed by atoms with Gasteiger partial charge in [-0.3, -0.25) is 9.48 Å². The highest BCUT2D eigenvalue weighted by Gasteiger charge is 2.23. The Hall–Kier alpha value is -2.55. The zero-order chi connectivity index (χ0) is 18.1. The quantitative estimate of drug-likeness (QED) is 0.690. The highest BCUT2D eigenvalue weighted by atomic mass is 32.1. The summed E-state index contributed by atoms with van der Waals surface area (Å²) >= 11 is 1.69. The molecule has 4 rings (SSSR count). The normalized spacial score (nSPS) is 15.0. The predicted molar refractivity (Wildman–Crippen MR) is 100 cm³/mol. The Morgan fingerprint density at radius 3 is 2.77 bits per heavy atom. The van der Waals surface area contributed by atoms with Gasteiger partial charge in [0, 0.05) is 57.1 Å². The SMILES string of the molecule is Cc1cc2c(N3CCN(C(=O)CCc4cn(C)nn4)CC3)ncnc2s1. The molecule has 8 nitrogen and oxygen atoms in total. The molecule has 4 heterocycles. The van der Waals surface area contributed by atoms with Crippen LogP contribution in [0.15, 0.2) is 18.6 Å². The molecule has 1 saturated heterocycles. The number of fused-ring (bicyclic) bond motifs is 1. The largest absolute Gasteiger partial charge is 0.352 e. The molecule has 3 aromatic heterocycles. The Balaban J connectivity index is 1.36. The standard InChI is InChI=1S/C17H21N7OS/c1-12-9-14-16(18-11-19-17(14)26-12)24-7-5-23(6-8-24)15(25)4-3-13-10-22(2)21-20-13/h9-11H,3-8H2,1-2H3. The van der Waals surface area contributed by atoms with Crippen molar-refractivity contribution in [2.45, 2.75) is 19.8 Å². The van der Waals surface area contributed by atoms with Crippen molar-refractivity contribution in [1.29, 1.82) is 0 Å². The van der Waals surface area contributed by atoms with E-state index in [0.717, 1.165) is 34.8 Å². The maximum atomic E-state index is 12.5. The molecule has 136 valence electrons. The number of thiophene rings is 1. The number of aromatic nitrogens is 5. The maximum absolute atomic E-state index is 12.5. The van der Waals surface area contributed by atoms with Crippen LogP contribution in [-0.4, -0.2) is 61.9 Å². The lowest BCUT2D eigenvalue weighted by Gasteiger charge is -2.35. The number of amides is 1. The summed E-state index contributed by atoms with van der Waals surface area (Å²) in [7, 11) is 1.83. The van der Waals surface area contributed by atoms with Gasteiger partial charge in [0.15, 0.2) is 0 Å². The van der Waals surface area contributed by atoms with Crippen LogP contribution in [0.2, 0.25) is 0 Å². The summed E-state index contributed by atoms with van der Waals surface area (Å²) < 4.78 is 1.66. The molecule has 1 aliphatic rings. The molecule has 0 atom stereocenters. The van der Waals surface area contributed by atoms with Gasteiger partial charge in [0.2, 0.25) is 5.91 Å². The summed E-state index contributed by atoms with van der Waals surface area (Å²) in [6.45, 7) is 5.10. The lowest BCUT2D eigenvalue weighted by atomic mass is 10.2. The number of carbonyl (C=O) groups excluding carboxylic acids is 1. The van der Waals surface area contributed by atoms with Crippen molar-refractivity contribution in [3.8, 4) is 0 Å². The molecule has 1 aliphatic heterocycles. The fourth-order valence-electron chi connectivity index (χ4n) is 3.29. The number of piperazine rings is 1. The molecule has 0 radical (unpaired) electrons. The summed E-state index contributed by atoms with van der Waals surface area (Å²) in [5.41, 5.74) is 0.857. The van der Waals surface area contributed by atoms with Crippen molar-refractivity contribution in [3.63, 3.8) is 0 Å². The molecule has 3 aromatic rings. The lowest BCUT2D eigenvalue weighted by Crippen LogP contribution is -2.49. The third-order valence-corrected chi connectivity index (χ3v) is 5.57. The molecular weight excluding hydrogens is 350 g/mol. The van der Waals surface area contributed by atoms with Crippen LogP contribution in [0.5, 0.6) is 0 Å². The first-order chi connectivity index (χ1) is 12.6. The van der Waals surface area contributed by atoms with Crippen LogP contribution in [0.4, 0.5) is 5.82 Å². The molecule has 0 saturated carbocycles. The van der Waals surface area contributed by atoms with E-state index < -0.39 is 0 Å². The summed E-state index contributed by atoms with van der Waals surface area (Å²) in [5, 5.41) is 9.05. The number of nitrogens with zero attached hydrogens (tertiary/aromatic N) is 7. The Labute approximate surface area is 155 Å². The molecule has 0 aliphatic carbocycles. The molecule has 0 aromatic carbocycles. The maximum Gasteiger partial charge on any atom is 0.223 e. The third-order valence-electron chi connectivity index (χ3n) is 4.61. The Morgan fingerprint density at radius 2 is 2.04 bits per heavy atom. The molecule has 0 spiro atoms. The molecule has 26 heavy (non-hydrogen) atoms. The molecular formula is C17H21N7OS. The predicted octanol–water partition coefficient (Wildman–Crippen LogP) is 1.41. The molecule has 0 unspecified atom stereocenters. The van der Waals surface area contributed by atoms with Gasteiger partial charge < -0.3 is 9.80 Å². The second-order valence-electron chi connectivity index (χ2n) is 6.52. The van der Waals surface area contributed by atoms with Crippen LogP contribution in [0.1, 0.15) is 17.0 Å². The van der Waals surface area contributed by atoms with Gasteiger partial charge in [0.05, 0.1) is 11.1 Å². The number of carbonyl (C=O) groups is 1. The van der Waals surface area contributed by atoms with Crippen molar-refractivity contribution in [2.75, 3.05) is 31.1 Å². The van der Waals surface area contributed by atoms with Gasteiger partial charge >= 0.3 is 0 Å². The van der Waals surface area contributed by atoms with Crippen molar-refractivity contribution in [2.24, 2.45) is 7.05 Å². The number of hydrogen-bond acceptors (Lipinski definition) is 7. The van der Waals surface area contributed by atoms with Crippen LogP contribution >= 0.6 is 11.3 Å². The lowest BCUT2D eigenvalue weighted by molar-refractivity contribution is -0.131. The minimum absolute atomic E-state index is 0.175. The summed E-state index contributed by atoms with van der Waals surface area (Å²) in [6.07, 6.45) is 4.59. The first kappa shape index (κ1) is 16.9. The van der Waals surface area contributed by atoms with E-state index in [0.29, 0.717) is 25.9 Å². The average molecular weight is 371 g/mol. The van der Waals surface area contributed by atoms with E-state index in [1.54, 1.807) is 22.3 Å². The molecule has 1 fully saturated rings. The number of aryl methyl sites for hydroxylation is 3. The van der Waals surface area contributed by atoms with Gasteiger partial charge in [-0.05, 0) is 13.0 Å². The monoisotopic (exact) mass is 371 g/mol. The van der Waals surface area contributed by atoms with E-state index in [9.17, 15) is 4.79 Å². The highest BCUT2D eigenvalue weighted by Crippen LogP contribution is 2.30. The second-order valence-corrected chi connectivity index (χ2v) is 7.76. The number of rotatable bonds is 4. The fraction of sp³-hybridized carbons (Fsp3) is 0.471. The summed E-state index contributed by atoms with van der Waals surface area (Å²) in [5.74, 6) is 1.15. The summed E-state index contributed by atoms with van der Waals surface area (Å²) in [6, 6.07) is 2.15. The number of hydrogen-bond donors (Lipinski definition) is 0. The topological polar surface area (TPSA) is 80.0 Å². The minimum atomic E-state index is 0.175. The molecule has 9 heteroatoms. The summed E-state index contributed by atoms with van der Waals surface area (Å²) in [4.78, 5) is 27.8. The molecule has 1 amide bonds. The molecule has 0 bridgehead atoms. The second kappa shape index (κ2) is 6.99. The van der Waals surface area contributed by atoms with Crippen molar-refractivity contribution in [3.05, 3.63) is 29.2 Å². The van der Waals surface area contributed by atoms with Crippen molar-refractivity contribution in [1.82, 2.24) is 29.9 Å². The minimum Gasteiger partial charge on any atom is -0.352 e.